The van der Waals surface area contributed by atoms with Gasteiger partial charge < -0.3 is 15.8 Å². The van der Waals surface area contributed by atoms with Crippen molar-refractivity contribution in [3.8, 4) is 11.1 Å². The number of aromatic nitrogens is 1. The molecule has 7 heteroatoms. The number of nitrogens with one attached hydrogen (secondary N) is 1. The van der Waals surface area contributed by atoms with Gasteiger partial charge >= 0.3 is 0 Å². The molecule has 0 saturated heterocycles. The zero-order chi connectivity index (χ0) is 16.7. The Hall–Kier alpha value is -1.66. The first-order valence-corrected chi connectivity index (χ1v) is 7.66. The lowest BCUT2D eigenvalue weighted by molar-refractivity contribution is -0.124. The molecule has 0 saturated carbocycles. The fourth-order valence-corrected chi connectivity index (χ4v) is 2.36. The lowest BCUT2D eigenvalue weighted by Gasteiger charge is -2.17. The lowest BCUT2D eigenvalue weighted by Crippen LogP contribution is -2.33. The number of carbonyl (C=O) groups is 1. The van der Waals surface area contributed by atoms with Gasteiger partial charge in [0.2, 0.25) is 5.91 Å². The highest BCUT2D eigenvalue weighted by Crippen LogP contribution is 2.21. The van der Waals surface area contributed by atoms with Crippen LogP contribution in [0.15, 0.2) is 48.8 Å². The first-order valence-electron chi connectivity index (χ1n) is 7.66. The molecule has 0 aliphatic heterocycles. The Morgan fingerprint density at radius 3 is 2.20 bits per heavy atom. The first kappa shape index (κ1) is 23.3. The Morgan fingerprint density at radius 2 is 1.68 bits per heavy atom. The molecule has 0 fully saturated rings. The van der Waals surface area contributed by atoms with E-state index in [0.29, 0.717) is 6.54 Å². The van der Waals surface area contributed by atoms with Crippen LogP contribution in [0.1, 0.15) is 24.9 Å². The van der Waals surface area contributed by atoms with Crippen molar-refractivity contribution in [3.05, 3.63) is 54.4 Å². The summed E-state index contributed by atoms with van der Waals surface area (Å²) >= 11 is 0. The maximum absolute atomic E-state index is 12.0. The summed E-state index contributed by atoms with van der Waals surface area (Å²) in [7, 11) is 1.56. The molecule has 0 aliphatic carbocycles. The van der Waals surface area contributed by atoms with Crippen molar-refractivity contribution in [1.82, 2.24) is 10.3 Å². The number of nitrogens with two attached hydrogens (primary N) is 1. The number of rotatable bonds is 7. The highest BCUT2D eigenvalue weighted by Gasteiger charge is 2.14. The monoisotopic (exact) mass is 385 g/mol. The highest BCUT2D eigenvalue weighted by molar-refractivity contribution is 5.85. The van der Waals surface area contributed by atoms with Crippen LogP contribution >= 0.6 is 24.8 Å². The van der Waals surface area contributed by atoms with Crippen LogP contribution in [0.2, 0.25) is 0 Å². The van der Waals surface area contributed by atoms with Crippen molar-refractivity contribution in [2.45, 2.75) is 25.5 Å². The number of amides is 1. The standard InChI is InChI=1S/C18H23N3O2.2ClH/c1-13(21-18(22)11-17(12-19)23-2)14-3-5-15(6-4-14)16-7-9-20-10-8-16;;/h3-10,13,17H,11-12,19H2,1-2H3,(H,21,22);2*1H. The Balaban J connectivity index is 0.00000288. The van der Waals surface area contributed by atoms with Crippen LogP contribution in [0.3, 0.4) is 0 Å². The summed E-state index contributed by atoms with van der Waals surface area (Å²) in [6, 6.07) is 12.0. The van der Waals surface area contributed by atoms with Crippen LogP contribution in [-0.2, 0) is 9.53 Å². The van der Waals surface area contributed by atoms with E-state index in [0.717, 1.165) is 16.7 Å². The van der Waals surface area contributed by atoms with Gasteiger partial charge in [0.05, 0.1) is 18.6 Å². The molecule has 1 heterocycles. The number of hydrogen-bond donors (Lipinski definition) is 2. The first-order chi connectivity index (χ1) is 11.1. The van der Waals surface area contributed by atoms with Crippen molar-refractivity contribution in [2.24, 2.45) is 5.73 Å². The van der Waals surface area contributed by atoms with Crippen LogP contribution in [0.25, 0.3) is 11.1 Å². The van der Waals surface area contributed by atoms with E-state index in [1.165, 1.54) is 0 Å². The van der Waals surface area contributed by atoms with E-state index in [4.69, 9.17) is 10.5 Å². The largest absolute Gasteiger partial charge is 0.380 e. The van der Waals surface area contributed by atoms with Crippen LogP contribution < -0.4 is 11.1 Å². The van der Waals surface area contributed by atoms with Gasteiger partial charge in [0, 0.05) is 26.0 Å². The predicted molar refractivity (Wildman–Crippen MR) is 105 cm³/mol. The molecule has 0 spiro atoms. The summed E-state index contributed by atoms with van der Waals surface area (Å²) < 4.78 is 5.13. The molecule has 2 rings (SSSR count). The number of ether oxygens (including phenoxy) is 1. The molecule has 1 aromatic carbocycles. The number of pyridine rings is 1. The van der Waals surface area contributed by atoms with E-state index in [9.17, 15) is 4.79 Å². The fourth-order valence-electron chi connectivity index (χ4n) is 2.36. The summed E-state index contributed by atoms with van der Waals surface area (Å²) in [4.78, 5) is 16.0. The minimum absolute atomic E-state index is 0. The van der Waals surface area contributed by atoms with Gasteiger partial charge in [0.1, 0.15) is 0 Å². The molecule has 0 aliphatic rings. The number of benzene rings is 1. The smallest absolute Gasteiger partial charge is 0.223 e. The van der Waals surface area contributed by atoms with Crippen molar-refractivity contribution in [2.75, 3.05) is 13.7 Å². The average molecular weight is 386 g/mol. The van der Waals surface area contributed by atoms with Gasteiger partial charge in [-0.15, -0.1) is 24.8 Å². The second-order valence-electron chi connectivity index (χ2n) is 5.44. The summed E-state index contributed by atoms with van der Waals surface area (Å²) in [6.07, 6.45) is 3.58. The van der Waals surface area contributed by atoms with Crippen molar-refractivity contribution in [1.29, 1.82) is 0 Å². The van der Waals surface area contributed by atoms with E-state index in [1.807, 2.05) is 43.3 Å². The van der Waals surface area contributed by atoms with Gasteiger partial charge in [-0.2, -0.15) is 0 Å². The molecular weight excluding hydrogens is 361 g/mol. The SMILES string of the molecule is COC(CN)CC(=O)NC(C)c1ccc(-c2ccncc2)cc1.Cl.Cl. The second-order valence-corrected chi connectivity index (χ2v) is 5.44. The molecule has 2 atom stereocenters. The minimum Gasteiger partial charge on any atom is -0.380 e. The van der Waals surface area contributed by atoms with E-state index in [1.54, 1.807) is 19.5 Å². The number of nitrogens with zero attached hydrogens (tertiary/aromatic N) is 1. The molecule has 25 heavy (non-hydrogen) atoms. The third-order valence-electron chi connectivity index (χ3n) is 3.81. The maximum atomic E-state index is 12.0. The third-order valence-corrected chi connectivity index (χ3v) is 3.81. The average Bonchev–Trinajstić information content (AvgIpc) is 2.60. The Kier molecular flexibility index (Phi) is 11.0. The van der Waals surface area contributed by atoms with Gasteiger partial charge in [-0.05, 0) is 35.7 Å². The molecule has 0 bridgehead atoms. The van der Waals surface area contributed by atoms with Gasteiger partial charge in [-0.25, -0.2) is 0 Å². The lowest BCUT2D eigenvalue weighted by atomic mass is 10.0. The van der Waals surface area contributed by atoms with Crippen LogP contribution in [0.5, 0.6) is 0 Å². The second kappa shape index (κ2) is 11.8. The molecule has 1 amide bonds. The Bertz CT molecular complexity index is 620. The summed E-state index contributed by atoms with van der Waals surface area (Å²) in [6.45, 7) is 2.29. The highest BCUT2D eigenvalue weighted by atomic mass is 35.5. The maximum Gasteiger partial charge on any atom is 0.223 e. The van der Waals surface area contributed by atoms with E-state index in [-0.39, 0.29) is 49.3 Å². The molecular formula is C18H25Cl2N3O2. The Labute approximate surface area is 161 Å². The molecule has 2 aromatic rings. The molecule has 138 valence electrons. The summed E-state index contributed by atoms with van der Waals surface area (Å²) in [5.41, 5.74) is 8.83. The van der Waals surface area contributed by atoms with Gasteiger partial charge in [0.25, 0.3) is 0 Å². The normalized spacial score (nSPS) is 12.3. The molecule has 2 unspecified atom stereocenters. The predicted octanol–water partition coefficient (Wildman–Crippen LogP) is 3.13. The van der Waals surface area contributed by atoms with Crippen LogP contribution in [-0.4, -0.2) is 30.6 Å². The van der Waals surface area contributed by atoms with Crippen LogP contribution in [0.4, 0.5) is 0 Å². The zero-order valence-electron chi connectivity index (χ0n) is 14.3. The van der Waals surface area contributed by atoms with Crippen molar-refractivity contribution in [3.63, 3.8) is 0 Å². The van der Waals surface area contributed by atoms with Gasteiger partial charge in [0.15, 0.2) is 0 Å². The Morgan fingerprint density at radius 1 is 1.12 bits per heavy atom. The molecule has 3 N–H and O–H groups in total. The summed E-state index contributed by atoms with van der Waals surface area (Å²) in [5, 5.41) is 2.97. The van der Waals surface area contributed by atoms with E-state index in [2.05, 4.69) is 10.3 Å². The number of halogens is 2. The number of methoxy groups -OCH3 is 1. The van der Waals surface area contributed by atoms with E-state index >= 15 is 0 Å². The fraction of sp³-hybridized carbons (Fsp3) is 0.333. The molecule has 1 aromatic heterocycles. The molecule has 5 nitrogen and oxygen atoms in total. The topological polar surface area (TPSA) is 77.2 Å². The number of hydrogen-bond acceptors (Lipinski definition) is 4. The van der Waals surface area contributed by atoms with Crippen molar-refractivity contribution >= 4 is 30.7 Å². The van der Waals surface area contributed by atoms with E-state index < -0.39 is 0 Å². The van der Waals surface area contributed by atoms with Crippen LogP contribution in [0, 0.1) is 0 Å². The molecule has 0 radical (unpaired) electrons. The van der Waals surface area contributed by atoms with Gasteiger partial charge in [-0.1, -0.05) is 24.3 Å². The third kappa shape index (κ3) is 7.00. The zero-order valence-corrected chi connectivity index (χ0v) is 16.0. The minimum atomic E-state index is -0.240. The number of carbonyl (C=O) groups excluding carboxylic acids is 1. The van der Waals surface area contributed by atoms with Crippen molar-refractivity contribution < 1.29 is 9.53 Å². The quantitative estimate of drug-likeness (QED) is 0.767. The van der Waals surface area contributed by atoms with Gasteiger partial charge in [-0.3, -0.25) is 9.78 Å². The summed E-state index contributed by atoms with van der Waals surface area (Å²) in [5.74, 6) is -0.0620.